The first-order valence-electron chi connectivity index (χ1n) is 8.07. The highest BCUT2D eigenvalue weighted by molar-refractivity contribution is 5.67. The van der Waals surface area contributed by atoms with Gasteiger partial charge in [0.15, 0.2) is 0 Å². The molecule has 1 aromatic carbocycles. The van der Waals surface area contributed by atoms with Crippen molar-refractivity contribution in [2.75, 3.05) is 20.3 Å². The number of hydrogen-bond donors (Lipinski definition) is 2. The Morgan fingerprint density at radius 3 is 2.35 bits per heavy atom. The van der Waals surface area contributed by atoms with E-state index in [9.17, 15) is 4.79 Å². The molecule has 0 saturated carbocycles. The number of hydrogen-bond acceptors (Lipinski definition) is 4. The minimum Gasteiger partial charge on any atom is -0.444 e. The van der Waals surface area contributed by atoms with Gasteiger partial charge in [0.1, 0.15) is 5.60 Å². The van der Waals surface area contributed by atoms with Crippen molar-refractivity contribution in [3.05, 3.63) is 35.4 Å². The van der Waals surface area contributed by atoms with Crippen LogP contribution >= 0.6 is 0 Å². The fourth-order valence-electron chi connectivity index (χ4n) is 2.05. The number of alkyl carbamates (subject to hydrolysis) is 1. The van der Waals surface area contributed by atoms with Gasteiger partial charge in [-0.15, -0.1) is 0 Å². The summed E-state index contributed by atoms with van der Waals surface area (Å²) in [4.78, 5) is 11.6. The van der Waals surface area contributed by atoms with Gasteiger partial charge in [-0.2, -0.15) is 0 Å². The number of rotatable bonds is 8. The molecule has 0 aliphatic carbocycles. The van der Waals surface area contributed by atoms with Gasteiger partial charge in [-0.3, -0.25) is 0 Å². The second-order valence-corrected chi connectivity index (χ2v) is 6.73. The molecule has 130 valence electrons. The van der Waals surface area contributed by atoms with E-state index >= 15 is 0 Å². The molecule has 0 aromatic heterocycles. The molecular weight excluding hydrogens is 292 g/mol. The summed E-state index contributed by atoms with van der Waals surface area (Å²) in [5.41, 5.74) is 1.96. The lowest BCUT2D eigenvalue weighted by Gasteiger charge is -2.19. The van der Waals surface area contributed by atoms with Gasteiger partial charge in [-0.1, -0.05) is 24.3 Å². The van der Waals surface area contributed by atoms with Gasteiger partial charge in [0.05, 0.1) is 6.61 Å². The van der Waals surface area contributed by atoms with E-state index in [1.165, 1.54) is 11.1 Å². The summed E-state index contributed by atoms with van der Waals surface area (Å²) >= 11 is 0. The number of methoxy groups -OCH3 is 1. The summed E-state index contributed by atoms with van der Waals surface area (Å²) in [6.45, 7) is 9.75. The Balaban J connectivity index is 2.30. The van der Waals surface area contributed by atoms with Gasteiger partial charge in [-0.25, -0.2) is 4.79 Å². The largest absolute Gasteiger partial charge is 0.444 e. The Morgan fingerprint density at radius 1 is 1.17 bits per heavy atom. The van der Waals surface area contributed by atoms with Gasteiger partial charge in [-0.05, 0) is 45.2 Å². The maximum atomic E-state index is 11.6. The smallest absolute Gasteiger partial charge is 0.407 e. The summed E-state index contributed by atoms with van der Waals surface area (Å²) < 4.78 is 10.3. The highest BCUT2D eigenvalue weighted by Gasteiger charge is 2.15. The molecule has 0 bridgehead atoms. The number of amides is 1. The molecule has 5 heteroatoms. The van der Waals surface area contributed by atoms with Crippen molar-refractivity contribution in [3.8, 4) is 0 Å². The molecule has 1 rings (SSSR count). The van der Waals surface area contributed by atoms with E-state index in [0.29, 0.717) is 19.2 Å². The van der Waals surface area contributed by atoms with Gasteiger partial charge in [0.2, 0.25) is 0 Å². The first-order valence-corrected chi connectivity index (χ1v) is 8.07. The predicted molar refractivity (Wildman–Crippen MR) is 92.6 cm³/mol. The Bertz CT molecular complexity index is 466. The Labute approximate surface area is 139 Å². The van der Waals surface area contributed by atoms with Crippen molar-refractivity contribution in [1.82, 2.24) is 10.6 Å². The molecule has 1 unspecified atom stereocenters. The maximum absolute atomic E-state index is 11.6. The van der Waals surface area contributed by atoms with E-state index in [1.807, 2.05) is 20.8 Å². The van der Waals surface area contributed by atoms with E-state index in [2.05, 4.69) is 41.8 Å². The lowest BCUT2D eigenvalue weighted by atomic mass is 10.1. The Kier molecular flexibility index (Phi) is 8.06. The monoisotopic (exact) mass is 322 g/mol. The summed E-state index contributed by atoms with van der Waals surface area (Å²) in [6.07, 6.45) is 0.415. The fourth-order valence-corrected chi connectivity index (χ4v) is 2.05. The third kappa shape index (κ3) is 9.21. The van der Waals surface area contributed by atoms with Gasteiger partial charge >= 0.3 is 6.09 Å². The lowest BCUT2D eigenvalue weighted by molar-refractivity contribution is 0.0528. The number of carbonyl (C=O) groups excluding carboxylic acids is 1. The van der Waals surface area contributed by atoms with Gasteiger partial charge in [0, 0.05) is 26.2 Å². The fraction of sp³-hybridized carbons (Fsp3) is 0.611. The summed E-state index contributed by atoms with van der Waals surface area (Å²) in [6, 6.07) is 8.73. The topological polar surface area (TPSA) is 59.6 Å². The van der Waals surface area contributed by atoms with Crippen LogP contribution < -0.4 is 10.6 Å². The first-order chi connectivity index (χ1) is 10.8. The first kappa shape index (κ1) is 19.5. The SMILES string of the molecule is COCC(C)NCc1ccc(CCNC(=O)OC(C)(C)C)cc1. The summed E-state index contributed by atoms with van der Waals surface area (Å²) in [5.74, 6) is 0. The van der Waals surface area contributed by atoms with Gasteiger partial charge in [0.25, 0.3) is 0 Å². The van der Waals surface area contributed by atoms with Crippen LogP contribution in [-0.4, -0.2) is 38.0 Å². The zero-order valence-corrected chi connectivity index (χ0v) is 14.9. The predicted octanol–water partition coefficient (Wildman–Crippen LogP) is 2.88. The third-order valence-electron chi connectivity index (χ3n) is 3.18. The van der Waals surface area contributed by atoms with Crippen molar-refractivity contribution in [3.63, 3.8) is 0 Å². The summed E-state index contributed by atoms with van der Waals surface area (Å²) in [7, 11) is 1.71. The van der Waals surface area contributed by atoms with E-state index in [4.69, 9.17) is 9.47 Å². The van der Waals surface area contributed by atoms with Crippen LogP contribution in [0.3, 0.4) is 0 Å². The molecule has 1 aromatic rings. The second kappa shape index (κ2) is 9.53. The van der Waals surface area contributed by atoms with Crippen LogP contribution in [0.1, 0.15) is 38.8 Å². The van der Waals surface area contributed by atoms with Crippen molar-refractivity contribution in [2.24, 2.45) is 0 Å². The minimum absolute atomic E-state index is 0.331. The molecule has 0 aliphatic rings. The number of nitrogens with one attached hydrogen (secondary N) is 2. The number of benzene rings is 1. The van der Waals surface area contributed by atoms with E-state index in [1.54, 1.807) is 7.11 Å². The molecular formula is C18H30N2O3. The zero-order valence-electron chi connectivity index (χ0n) is 14.9. The lowest BCUT2D eigenvalue weighted by Crippen LogP contribution is -2.33. The van der Waals surface area contributed by atoms with E-state index < -0.39 is 5.60 Å². The van der Waals surface area contributed by atoms with E-state index in [-0.39, 0.29) is 6.09 Å². The number of ether oxygens (including phenoxy) is 2. The van der Waals surface area contributed by atoms with Crippen LogP contribution in [0.4, 0.5) is 4.79 Å². The van der Waals surface area contributed by atoms with Crippen LogP contribution in [0.5, 0.6) is 0 Å². The average Bonchev–Trinajstić information content (AvgIpc) is 2.45. The van der Waals surface area contributed by atoms with Gasteiger partial charge < -0.3 is 20.1 Å². The van der Waals surface area contributed by atoms with Crippen LogP contribution in [0, 0.1) is 0 Å². The molecule has 0 fully saturated rings. The molecule has 0 aliphatic heterocycles. The van der Waals surface area contributed by atoms with Crippen LogP contribution in [0.15, 0.2) is 24.3 Å². The highest BCUT2D eigenvalue weighted by atomic mass is 16.6. The highest BCUT2D eigenvalue weighted by Crippen LogP contribution is 2.07. The van der Waals surface area contributed by atoms with E-state index in [0.717, 1.165) is 13.0 Å². The molecule has 1 atom stereocenters. The van der Waals surface area contributed by atoms with Crippen LogP contribution in [0.25, 0.3) is 0 Å². The molecule has 2 N–H and O–H groups in total. The minimum atomic E-state index is -0.460. The average molecular weight is 322 g/mol. The molecule has 0 spiro atoms. The standard InChI is InChI=1S/C18H30N2O3/c1-14(13-22-5)20-12-16-8-6-15(7-9-16)10-11-19-17(21)23-18(2,3)4/h6-9,14,20H,10-13H2,1-5H3,(H,19,21). The maximum Gasteiger partial charge on any atom is 0.407 e. The Morgan fingerprint density at radius 2 is 1.78 bits per heavy atom. The second-order valence-electron chi connectivity index (χ2n) is 6.73. The molecule has 0 saturated heterocycles. The van der Waals surface area contributed by atoms with Crippen molar-refractivity contribution in [2.45, 2.75) is 52.3 Å². The summed E-state index contributed by atoms with van der Waals surface area (Å²) in [5, 5.41) is 6.17. The van der Waals surface area contributed by atoms with Crippen molar-refractivity contribution in [1.29, 1.82) is 0 Å². The molecule has 23 heavy (non-hydrogen) atoms. The molecule has 0 radical (unpaired) electrons. The third-order valence-corrected chi connectivity index (χ3v) is 3.18. The zero-order chi connectivity index (χ0) is 17.3. The van der Waals surface area contributed by atoms with Crippen LogP contribution in [0.2, 0.25) is 0 Å². The molecule has 1 amide bonds. The molecule has 0 heterocycles. The molecule has 5 nitrogen and oxygen atoms in total. The number of carbonyl (C=O) groups is 1. The normalized spacial score (nSPS) is 12.7. The van der Waals surface area contributed by atoms with Crippen molar-refractivity contribution >= 4 is 6.09 Å². The van der Waals surface area contributed by atoms with Crippen molar-refractivity contribution < 1.29 is 14.3 Å². The quantitative estimate of drug-likeness (QED) is 0.772. The Hall–Kier alpha value is -1.59. The van der Waals surface area contributed by atoms with Crippen LogP contribution in [-0.2, 0) is 22.4 Å².